The predicted octanol–water partition coefficient (Wildman–Crippen LogP) is 11.9. The highest BCUT2D eigenvalue weighted by atomic mass is 15.0. The molecule has 0 aliphatic rings. The van der Waals surface area contributed by atoms with Gasteiger partial charge in [-0.15, -0.1) is 0 Å². The number of rotatable bonds is 10. The molecule has 0 saturated carbocycles. The minimum absolute atomic E-state index is 0.428. The summed E-state index contributed by atoms with van der Waals surface area (Å²) in [5.74, 6) is 2.68. The topological polar surface area (TPSA) is 88.3 Å². The molecule has 7 heteroatoms. The van der Waals surface area contributed by atoms with Crippen LogP contribution in [0.3, 0.4) is 0 Å². The Balaban J connectivity index is 1.18. The highest BCUT2D eigenvalue weighted by molar-refractivity contribution is 6.12. The number of hydrogen-bond donors (Lipinski definition) is 1. The lowest BCUT2D eigenvalue weighted by atomic mass is 9.94. The fourth-order valence-electron chi connectivity index (χ4n) is 7.29. The van der Waals surface area contributed by atoms with E-state index in [-0.39, 0.29) is 0 Å². The first-order chi connectivity index (χ1) is 30.2. The van der Waals surface area contributed by atoms with Gasteiger partial charge in [0.2, 0.25) is 0 Å². The number of hydrogen-bond acceptors (Lipinski definition) is 5. The van der Waals surface area contributed by atoms with Gasteiger partial charge in [0, 0.05) is 54.1 Å². The Morgan fingerprint density at radius 3 is 1.36 bits per heavy atom. The molecule has 0 saturated heterocycles. The largest absolute Gasteiger partial charge is 0.373 e. The second-order valence-electron chi connectivity index (χ2n) is 14.5. The fourth-order valence-corrected chi connectivity index (χ4v) is 7.29. The Morgan fingerprint density at radius 2 is 0.836 bits per heavy atom. The molecule has 292 valence electrons. The van der Waals surface area contributed by atoms with Crippen LogP contribution in [0.2, 0.25) is 0 Å². The summed E-state index contributed by atoms with van der Waals surface area (Å²) in [5, 5.41) is 3.41. The zero-order valence-corrected chi connectivity index (χ0v) is 33.6. The SMILES string of the molecule is CN/C(=N\C(=N/Cc1cccc(-c2ccccc2)c1)c1cc(-c2ccc(-c3ncccn3)cc2)cc(-c2ccc(-c3ncccn3)cc2)c1)c1cccc(-c2ccccc2)c1. The van der Waals surface area contributed by atoms with Gasteiger partial charge < -0.3 is 5.32 Å². The summed E-state index contributed by atoms with van der Waals surface area (Å²) in [6.45, 7) is 0.428. The standard InChI is InChI=1S/C54H41N7/c1-55-51(47-19-9-18-46(33-47)40-15-6-3-7-16-40)61-54(60-37-38-12-8-17-45(32-38)39-13-4-2-5-14-39)50-35-48(41-20-24-43(25-21-41)52-56-28-10-29-57-52)34-49(36-50)42-22-26-44(27-23-42)53-58-30-11-31-59-53/h2-36H,37H2,1H3,(H,55,60,61). The number of nitrogens with zero attached hydrogens (tertiary/aromatic N) is 6. The summed E-state index contributed by atoms with van der Waals surface area (Å²) in [6.07, 6.45) is 7.05. The van der Waals surface area contributed by atoms with Crippen molar-refractivity contribution in [2.24, 2.45) is 9.98 Å². The van der Waals surface area contributed by atoms with Crippen LogP contribution in [0.25, 0.3) is 67.3 Å². The molecule has 0 aliphatic carbocycles. The molecule has 0 radical (unpaired) electrons. The van der Waals surface area contributed by atoms with Crippen LogP contribution in [-0.2, 0) is 6.54 Å². The lowest BCUT2D eigenvalue weighted by Crippen LogP contribution is -2.21. The maximum absolute atomic E-state index is 5.37. The van der Waals surface area contributed by atoms with Crippen molar-refractivity contribution < 1.29 is 0 Å². The molecule has 0 aliphatic heterocycles. The van der Waals surface area contributed by atoms with Gasteiger partial charge in [-0.1, -0.05) is 146 Å². The summed E-state index contributed by atoms with van der Waals surface area (Å²) < 4.78 is 0. The molecule has 1 N–H and O–H groups in total. The molecular weight excluding hydrogens is 747 g/mol. The molecule has 2 heterocycles. The zero-order chi connectivity index (χ0) is 41.2. The summed E-state index contributed by atoms with van der Waals surface area (Å²) >= 11 is 0. The Bertz CT molecular complexity index is 2830. The highest BCUT2D eigenvalue weighted by Gasteiger charge is 2.14. The molecule has 61 heavy (non-hydrogen) atoms. The van der Waals surface area contributed by atoms with Crippen LogP contribution in [0.5, 0.6) is 0 Å². The molecule has 9 rings (SSSR count). The summed E-state index contributed by atoms with van der Waals surface area (Å²) in [4.78, 5) is 28.6. The van der Waals surface area contributed by atoms with E-state index in [0.717, 1.165) is 72.3 Å². The van der Waals surface area contributed by atoms with Gasteiger partial charge in [0.25, 0.3) is 0 Å². The van der Waals surface area contributed by atoms with Crippen molar-refractivity contribution in [3.05, 3.63) is 230 Å². The van der Waals surface area contributed by atoms with Crippen molar-refractivity contribution >= 4 is 11.7 Å². The van der Waals surface area contributed by atoms with Crippen molar-refractivity contribution in [2.45, 2.75) is 6.54 Å². The third-order valence-corrected chi connectivity index (χ3v) is 10.4. The van der Waals surface area contributed by atoms with E-state index in [4.69, 9.17) is 9.98 Å². The molecule has 2 aromatic heterocycles. The van der Waals surface area contributed by atoms with Crippen LogP contribution in [0.4, 0.5) is 0 Å². The van der Waals surface area contributed by atoms with Crippen LogP contribution < -0.4 is 5.32 Å². The van der Waals surface area contributed by atoms with Gasteiger partial charge >= 0.3 is 0 Å². The quantitative estimate of drug-likeness (QED) is 0.110. The van der Waals surface area contributed by atoms with Crippen molar-refractivity contribution in [3.8, 4) is 67.3 Å². The van der Waals surface area contributed by atoms with Gasteiger partial charge in [0.1, 0.15) is 5.84 Å². The van der Waals surface area contributed by atoms with E-state index in [1.807, 2.05) is 31.3 Å². The van der Waals surface area contributed by atoms with Gasteiger partial charge in [0.15, 0.2) is 17.5 Å². The first kappa shape index (κ1) is 38.4. The van der Waals surface area contributed by atoms with Crippen molar-refractivity contribution in [3.63, 3.8) is 0 Å². The number of benzene rings is 7. The number of amidine groups is 2. The maximum atomic E-state index is 5.37. The van der Waals surface area contributed by atoms with Crippen LogP contribution >= 0.6 is 0 Å². The third kappa shape index (κ3) is 9.12. The number of aliphatic imine (C=N–C) groups is 2. The molecule has 0 spiro atoms. The van der Waals surface area contributed by atoms with Crippen LogP contribution in [0.15, 0.2) is 223 Å². The Morgan fingerprint density at radius 1 is 0.393 bits per heavy atom. The van der Waals surface area contributed by atoms with Crippen molar-refractivity contribution in [1.82, 2.24) is 25.3 Å². The second-order valence-corrected chi connectivity index (χ2v) is 14.5. The number of aromatic nitrogens is 4. The fraction of sp³-hybridized carbons (Fsp3) is 0.0370. The van der Waals surface area contributed by atoms with E-state index in [1.165, 1.54) is 0 Å². The van der Waals surface area contributed by atoms with E-state index in [9.17, 15) is 0 Å². The normalized spacial score (nSPS) is 11.6. The first-order valence-corrected chi connectivity index (χ1v) is 20.2. The lowest BCUT2D eigenvalue weighted by Gasteiger charge is -2.14. The molecule has 0 unspecified atom stereocenters. The molecule has 0 bridgehead atoms. The summed E-state index contributed by atoms with van der Waals surface area (Å²) in [7, 11) is 1.91. The van der Waals surface area contributed by atoms with Crippen molar-refractivity contribution in [1.29, 1.82) is 0 Å². The molecule has 7 aromatic carbocycles. The molecule has 0 amide bonds. The van der Waals surface area contributed by atoms with Crippen LogP contribution in [0, 0.1) is 0 Å². The minimum atomic E-state index is 0.428. The molecule has 7 nitrogen and oxygen atoms in total. The Kier molecular flexibility index (Phi) is 11.4. The van der Waals surface area contributed by atoms with Crippen LogP contribution in [0.1, 0.15) is 16.7 Å². The molecule has 0 atom stereocenters. The second kappa shape index (κ2) is 18.2. The van der Waals surface area contributed by atoms with Crippen LogP contribution in [-0.4, -0.2) is 38.7 Å². The van der Waals surface area contributed by atoms with E-state index >= 15 is 0 Å². The third-order valence-electron chi connectivity index (χ3n) is 10.4. The Labute approximate surface area is 356 Å². The molecule has 9 aromatic rings. The van der Waals surface area contributed by atoms with Gasteiger partial charge in [-0.2, -0.15) is 0 Å². The minimum Gasteiger partial charge on any atom is -0.373 e. The smallest absolute Gasteiger partial charge is 0.159 e. The molecular formula is C54H41N7. The predicted molar refractivity (Wildman–Crippen MR) is 249 cm³/mol. The summed E-state index contributed by atoms with van der Waals surface area (Å²) in [6, 6.07) is 64.8. The van der Waals surface area contributed by atoms with E-state index in [1.54, 1.807) is 24.8 Å². The monoisotopic (exact) mass is 787 g/mol. The Hall–Kier alpha value is -8.16. The van der Waals surface area contributed by atoms with Gasteiger partial charge in [0.05, 0.1) is 6.54 Å². The molecule has 0 fully saturated rings. The average molecular weight is 788 g/mol. The van der Waals surface area contributed by atoms with E-state index in [2.05, 4.69) is 189 Å². The van der Waals surface area contributed by atoms with E-state index in [0.29, 0.717) is 29.9 Å². The maximum Gasteiger partial charge on any atom is 0.159 e. The first-order valence-electron chi connectivity index (χ1n) is 20.2. The summed E-state index contributed by atoms with van der Waals surface area (Å²) in [5.41, 5.74) is 13.5. The van der Waals surface area contributed by atoms with Gasteiger partial charge in [-0.05, 0) is 92.5 Å². The van der Waals surface area contributed by atoms with Crippen molar-refractivity contribution in [2.75, 3.05) is 7.05 Å². The number of nitrogens with one attached hydrogen (secondary N) is 1. The van der Waals surface area contributed by atoms with Gasteiger partial charge in [-0.3, -0.25) is 4.99 Å². The highest BCUT2D eigenvalue weighted by Crippen LogP contribution is 2.32. The van der Waals surface area contributed by atoms with E-state index < -0.39 is 0 Å². The zero-order valence-electron chi connectivity index (χ0n) is 33.6. The lowest BCUT2D eigenvalue weighted by molar-refractivity contribution is 1.06. The van der Waals surface area contributed by atoms with Gasteiger partial charge in [-0.25, -0.2) is 24.9 Å². The average Bonchev–Trinajstić information content (AvgIpc) is 3.35.